The molecule has 2 aliphatic heterocycles. The smallest absolute Gasteiger partial charge is 0.141 e. The molecule has 0 amide bonds. The Kier molecular flexibility index (Phi) is 2.39. The van der Waals surface area contributed by atoms with Crippen molar-refractivity contribution < 1.29 is 0 Å². The first-order chi connectivity index (χ1) is 9.33. The number of nitrogens with zero attached hydrogens (tertiary/aromatic N) is 2. The fourth-order valence-electron chi connectivity index (χ4n) is 3.20. The Hall–Kier alpha value is -1.79. The summed E-state index contributed by atoms with van der Waals surface area (Å²) in [5.41, 5.74) is 16.1. The van der Waals surface area contributed by atoms with Crippen LogP contribution in [0, 0.1) is 5.92 Å². The van der Waals surface area contributed by atoms with Gasteiger partial charge in [0.1, 0.15) is 12.2 Å². The number of aliphatic imine (C=N–C) groups is 1. The monoisotopic (exact) mass is 258 g/mol. The van der Waals surface area contributed by atoms with Crippen LogP contribution in [0.2, 0.25) is 0 Å². The quantitative estimate of drug-likeness (QED) is 0.610. The Labute approximate surface area is 111 Å². The Bertz CT molecular complexity index is 549. The van der Waals surface area contributed by atoms with E-state index in [0.29, 0.717) is 12.0 Å². The topological polar surface area (TPSA) is 81.5 Å². The summed E-state index contributed by atoms with van der Waals surface area (Å²) in [6.07, 6.45) is 8.27. The molecule has 3 heterocycles. The molecule has 1 aromatic rings. The lowest BCUT2D eigenvalue weighted by molar-refractivity contribution is 0.340. The van der Waals surface area contributed by atoms with E-state index >= 15 is 0 Å². The standard InChI is InChI=1S/C13H18N6/c14-9-3-1-8(2-4-9)11-12-10-5-6-15-13(10)16-7-19(12)18-17-11/h5-9,15,17-18H,1-4,14H2/t8-,9-. The van der Waals surface area contributed by atoms with Gasteiger partial charge in [0.2, 0.25) is 0 Å². The zero-order valence-electron chi connectivity index (χ0n) is 10.7. The van der Waals surface area contributed by atoms with Gasteiger partial charge in [-0.15, -0.1) is 5.53 Å². The third-order valence-corrected chi connectivity index (χ3v) is 4.27. The number of nitrogens with two attached hydrogens (primary N) is 1. The molecule has 6 nitrogen and oxygen atoms in total. The van der Waals surface area contributed by atoms with E-state index in [1.165, 1.54) is 11.4 Å². The van der Waals surface area contributed by atoms with Crippen molar-refractivity contribution in [3.05, 3.63) is 23.5 Å². The van der Waals surface area contributed by atoms with Crippen molar-refractivity contribution in [2.24, 2.45) is 16.6 Å². The summed E-state index contributed by atoms with van der Waals surface area (Å²) in [6, 6.07) is 2.46. The number of nitrogens with one attached hydrogen (secondary N) is 3. The predicted octanol–water partition coefficient (Wildman–Crippen LogP) is 1.20. The van der Waals surface area contributed by atoms with Crippen LogP contribution >= 0.6 is 0 Å². The fraction of sp³-hybridized carbons (Fsp3) is 0.462. The van der Waals surface area contributed by atoms with Crippen molar-refractivity contribution in [3.63, 3.8) is 0 Å². The number of hydrogen-bond donors (Lipinski definition) is 4. The highest BCUT2D eigenvalue weighted by atomic mass is 15.7. The molecular formula is C13H18N6. The second-order valence-corrected chi connectivity index (χ2v) is 5.47. The summed E-state index contributed by atoms with van der Waals surface area (Å²) in [7, 11) is 0. The highest BCUT2D eigenvalue weighted by Gasteiger charge is 2.33. The molecule has 1 fully saturated rings. The molecule has 6 heteroatoms. The number of rotatable bonds is 1. The van der Waals surface area contributed by atoms with Crippen molar-refractivity contribution in [2.75, 3.05) is 0 Å². The maximum absolute atomic E-state index is 6.00. The first-order valence-corrected chi connectivity index (χ1v) is 6.85. The average Bonchev–Trinajstić information content (AvgIpc) is 3.04. The van der Waals surface area contributed by atoms with Crippen LogP contribution in [0.5, 0.6) is 0 Å². The van der Waals surface area contributed by atoms with E-state index in [1.54, 1.807) is 0 Å². The van der Waals surface area contributed by atoms with Crippen molar-refractivity contribution in [3.8, 4) is 0 Å². The van der Waals surface area contributed by atoms with Crippen molar-refractivity contribution >= 4 is 17.9 Å². The van der Waals surface area contributed by atoms with E-state index in [1.807, 2.05) is 17.5 Å². The summed E-state index contributed by atoms with van der Waals surface area (Å²) in [5, 5.41) is 1.96. The molecular weight excluding hydrogens is 240 g/mol. The molecule has 1 saturated carbocycles. The first kappa shape index (κ1) is 11.1. The summed E-state index contributed by atoms with van der Waals surface area (Å²) in [4.78, 5) is 7.54. The van der Waals surface area contributed by atoms with Gasteiger partial charge in [0, 0.05) is 23.7 Å². The van der Waals surface area contributed by atoms with Crippen LogP contribution in [-0.4, -0.2) is 22.4 Å². The summed E-state index contributed by atoms with van der Waals surface area (Å²) in [6.45, 7) is 0. The van der Waals surface area contributed by atoms with Crippen LogP contribution in [0.4, 0.5) is 5.82 Å². The van der Waals surface area contributed by atoms with Gasteiger partial charge < -0.3 is 16.1 Å². The lowest BCUT2D eigenvalue weighted by atomic mass is 9.83. The zero-order valence-corrected chi connectivity index (χ0v) is 10.7. The van der Waals surface area contributed by atoms with Gasteiger partial charge in [-0.3, -0.25) is 0 Å². The minimum Gasteiger partial charge on any atom is -0.346 e. The molecule has 0 unspecified atom stereocenters. The predicted molar refractivity (Wildman–Crippen MR) is 73.9 cm³/mol. The largest absolute Gasteiger partial charge is 0.346 e. The number of hydrazine groups is 2. The molecule has 4 rings (SSSR count). The average molecular weight is 258 g/mol. The number of aromatic amines is 1. The minimum absolute atomic E-state index is 0.378. The van der Waals surface area contributed by atoms with Crippen LogP contribution in [0.25, 0.3) is 5.70 Å². The third kappa shape index (κ3) is 1.67. The molecule has 0 aromatic carbocycles. The molecule has 5 N–H and O–H groups in total. The summed E-state index contributed by atoms with van der Waals surface area (Å²) in [5.74, 6) is 1.49. The Morgan fingerprint density at radius 1 is 1.26 bits per heavy atom. The van der Waals surface area contributed by atoms with E-state index in [0.717, 1.165) is 37.1 Å². The first-order valence-electron chi connectivity index (χ1n) is 6.85. The third-order valence-electron chi connectivity index (χ3n) is 4.27. The molecule has 100 valence electrons. The van der Waals surface area contributed by atoms with Crippen molar-refractivity contribution in [2.45, 2.75) is 31.7 Å². The molecule has 1 aromatic heterocycles. The van der Waals surface area contributed by atoms with Crippen LogP contribution in [0.1, 0.15) is 31.2 Å². The fourth-order valence-corrected chi connectivity index (χ4v) is 3.20. The number of hydrogen-bond acceptors (Lipinski definition) is 5. The van der Waals surface area contributed by atoms with Crippen LogP contribution in [0.3, 0.4) is 0 Å². The van der Waals surface area contributed by atoms with Crippen LogP contribution in [0.15, 0.2) is 23.0 Å². The van der Waals surface area contributed by atoms with Gasteiger partial charge >= 0.3 is 0 Å². The maximum Gasteiger partial charge on any atom is 0.141 e. The van der Waals surface area contributed by atoms with Crippen molar-refractivity contribution in [1.29, 1.82) is 0 Å². The van der Waals surface area contributed by atoms with Gasteiger partial charge in [0.15, 0.2) is 0 Å². The second kappa shape index (κ2) is 4.11. The molecule has 19 heavy (non-hydrogen) atoms. The SMILES string of the molecule is N[C@H]1CC[C@H](C2=C3c4cc[nH]c4N=CN3NN2)CC1. The maximum atomic E-state index is 6.00. The van der Waals surface area contributed by atoms with Gasteiger partial charge in [-0.05, 0) is 31.7 Å². The molecule has 0 spiro atoms. The Morgan fingerprint density at radius 2 is 2.11 bits per heavy atom. The van der Waals surface area contributed by atoms with Gasteiger partial charge in [0.25, 0.3) is 0 Å². The molecule has 0 saturated heterocycles. The van der Waals surface area contributed by atoms with E-state index < -0.39 is 0 Å². The number of aromatic nitrogens is 1. The van der Waals surface area contributed by atoms with Gasteiger partial charge in [-0.25, -0.2) is 10.0 Å². The highest BCUT2D eigenvalue weighted by molar-refractivity contribution is 5.87. The van der Waals surface area contributed by atoms with E-state index in [4.69, 9.17) is 5.73 Å². The number of fused-ring (bicyclic) bond motifs is 3. The molecule has 3 aliphatic rings. The van der Waals surface area contributed by atoms with E-state index in [9.17, 15) is 0 Å². The van der Waals surface area contributed by atoms with Crippen LogP contribution < -0.4 is 16.7 Å². The molecule has 0 bridgehead atoms. The van der Waals surface area contributed by atoms with E-state index in [2.05, 4.69) is 27.0 Å². The van der Waals surface area contributed by atoms with Gasteiger partial charge in [-0.1, -0.05) is 0 Å². The molecule has 0 radical (unpaired) electrons. The minimum atomic E-state index is 0.378. The lowest BCUT2D eigenvalue weighted by Gasteiger charge is -2.27. The van der Waals surface area contributed by atoms with E-state index in [-0.39, 0.29) is 0 Å². The second-order valence-electron chi connectivity index (χ2n) is 5.47. The van der Waals surface area contributed by atoms with Gasteiger partial charge in [-0.2, -0.15) is 0 Å². The zero-order chi connectivity index (χ0) is 12.8. The number of allylic oxidation sites excluding steroid dienone is 1. The summed E-state index contributed by atoms with van der Waals surface area (Å²) < 4.78 is 0. The normalized spacial score (nSPS) is 29.2. The van der Waals surface area contributed by atoms with Crippen molar-refractivity contribution in [1.82, 2.24) is 21.0 Å². The molecule has 1 aliphatic carbocycles. The Morgan fingerprint density at radius 3 is 2.95 bits per heavy atom. The van der Waals surface area contributed by atoms with Gasteiger partial charge in [0.05, 0.1) is 11.4 Å². The molecule has 0 atom stereocenters. The highest BCUT2D eigenvalue weighted by Crippen LogP contribution is 2.39. The van der Waals surface area contributed by atoms with Crippen LogP contribution in [-0.2, 0) is 0 Å². The Balaban J connectivity index is 1.72. The summed E-state index contributed by atoms with van der Waals surface area (Å²) >= 11 is 0. The number of H-pyrrole nitrogens is 1. The lowest BCUT2D eigenvalue weighted by Crippen LogP contribution is -2.38.